The van der Waals surface area contributed by atoms with Gasteiger partial charge in [-0.1, -0.05) is 0 Å². The Morgan fingerprint density at radius 2 is 1.29 bits per heavy atom. The first-order chi connectivity index (χ1) is 1.41. The van der Waals surface area contributed by atoms with Crippen LogP contribution in [0.1, 0.15) is 2.85 Å². The predicted molar refractivity (Wildman–Crippen MR) is 27.5 cm³/mol. The van der Waals surface area contributed by atoms with E-state index in [1.54, 1.807) is 0 Å². The molecule has 0 atom stereocenters. The summed E-state index contributed by atoms with van der Waals surface area (Å²) in [5.74, 6) is 0. The van der Waals surface area contributed by atoms with E-state index in [2.05, 4.69) is 0 Å². The zero-order valence-corrected chi connectivity index (χ0v) is 5.05. The normalized spacial score (nSPS) is 1.14. The first-order valence-electron chi connectivity index (χ1n) is 0.494. The Hall–Kier alpha value is 0.311. The van der Waals surface area contributed by atoms with E-state index in [0.717, 1.165) is 0 Å². The summed E-state index contributed by atoms with van der Waals surface area (Å²) in [5.41, 5.74) is 0. The minimum Gasteiger partial charge on any atom is -1.00 e. The minimum atomic E-state index is -0.250. The molecule has 0 amide bonds. The van der Waals surface area contributed by atoms with Gasteiger partial charge in [-0.05, 0) is 0 Å². The van der Waals surface area contributed by atoms with Gasteiger partial charge in [0.05, 0.1) is 0 Å². The maximum atomic E-state index is 8.36. The molecule has 0 saturated carbocycles. The van der Waals surface area contributed by atoms with Gasteiger partial charge in [-0.25, -0.2) is 0 Å². The Morgan fingerprint density at radius 3 is 1.29 bits per heavy atom. The summed E-state index contributed by atoms with van der Waals surface area (Å²) >= 11 is 0. The van der Waals surface area contributed by atoms with Crippen LogP contribution >= 0.6 is 0 Å². The SMILES string of the molecule is O.O.O.O=BO.[H-].[H-].[Mg+2]. The summed E-state index contributed by atoms with van der Waals surface area (Å²) in [5, 5.41) is 6.89. The van der Waals surface area contributed by atoms with Crippen LogP contribution in [0.15, 0.2) is 0 Å². The summed E-state index contributed by atoms with van der Waals surface area (Å²) in [4.78, 5) is 0. The van der Waals surface area contributed by atoms with Crippen molar-refractivity contribution in [2.45, 2.75) is 0 Å². The Kier molecular flexibility index (Phi) is 807. The molecule has 0 spiro atoms. The Balaban J connectivity index is -0.00000000133. The van der Waals surface area contributed by atoms with Crippen molar-refractivity contribution in [1.29, 1.82) is 0 Å². The van der Waals surface area contributed by atoms with Crippen molar-refractivity contribution >= 4 is 30.4 Å². The number of hydrogen-bond donors (Lipinski definition) is 1. The van der Waals surface area contributed by atoms with Crippen LogP contribution in [0.25, 0.3) is 0 Å². The van der Waals surface area contributed by atoms with Crippen molar-refractivity contribution in [3.8, 4) is 0 Å². The fraction of sp³-hybridized carbons (Fsp3) is 0. The average Bonchev–Trinajstić information content (AvgIpc) is 0.918. The summed E-state index contributed by atoms with van der Waals surface area (Å²) in [6.07, 6.45) is 0. The van der Waals surface area contributed by atoms with Gasteiger partial charge >= 0.3 is 40.1 Å². The fourth-order valence-electron chi connectivity index (χ4n) is 0. The molecule has 7 heteroatoms. The van der Waals surface area contributed by atoms with E-state index < -0.39 is 0 Å². The molecule has 0 bridgehead atoms. The van der Waals surface area contributed by atoms with Crippen LogP contribution in [-0.4, -0.2) is 51.9 Å². The average molecular weight is 124 g/mol. The Bertz CT molecular complexity index is 22.4. The summed E-state index contributed by atoms with van der Waals surface area (Å²) in [6.45, 7) is 0. The maximum Gasteiger partial charge on any atom is 2.00 e. The molecule has 0 aliphatic heterocycles. The van der Waals surface area contributed by atoms with Crippen LogP contribution < -0.4 is 0 Å². The van der Waals surface area contributed by atoms with Crippen molar-refractivity contribution in [2.75, 3.05) is 0 Å². The molecule has 0 heterocycles. The van der Waals surface area contributed by atoms with Crippen molar-refractivity contribution in [3.05, 3.63) is 0 Å². The minimum absolute atomic E-state index is 0. The zero-order valence-electron chi connectivity index (χ0n) is 5.64. The van der Waals surface area contributed by atoms with Crippen LogP contribution in [0.5, 0.6) is 0 Å². The monoisotopic (exact) mass is 124 g/mol. The first kappa shape index (κ1) is 54.5. The Morgan fingerprint density at radius 1 is 1.29 bits per heavy atom. The van der Waals surface area contributed by atoms with Gasteiger partial charge in [0.15, 0.2) is 0 Å². The van der Waals surface area contributed by atoms with E-state index in [9.17, 15) is 0 Å². The van der Waals surface area contributed by atoms with E-state index in [4.69, 9.17) is 9.73 Å². The molecule has 7 heavy (non-hydrogen) atoms. The number of hydrogen-bond acceptors (Lipinski definition) is 1. The third kappa shape index (κ3) is 1210. The smallest absolute Gasteiger partial charge is 1.00 e. The van der Waals surface area contributed by atoms with Crippen molar-refractivity contribution < 1.29 is 29.0 Å². The van der Waals surface area contributed by atoms with Gasteiger partial charge in [0.25, 0.3) is 0 Å². The van der Waals surface area contributed by atoms with Crippen LogP contribution in [-0.2, 0) is 4.70 Å². The topological polar surface area (TPSA) is 132 Å². The van der Waals surface area contributed by atoms with E-state index in [1.807, 2.05) is 0 Å². The van der Waals surface area contributed by atoms with Gasteiger partial charge in [-0.15, -0.1) is 0 Å². The molecule has 5 nitrogen and oxygen atoms in total. The molecule has 0 saturated heterocycles. The summed E-state index contributed by atoms with van der Waals surface area (Å²) in [7, 11) is -0.250. The van der Waals surface area contributed by atoms with Crippen molar-refractivity contribution in [3.63, 3.8) is 0 Å². The summed E-state index contributed by atoms with van der Waals surface area (Å²) in [6, 6.07) is 0. The molecule has 0 aliphatic rings. The predicted octanol–water partition coefficient (Wildman–Crippen LogP) is -3.69. The molecule has 0 aromatic carbocycles. The van der Waals surface area contributed by atoms with Crippen molar-refractivity contribution in [2.24, 2.45) is 0 Å². The van der Waals surface area contributed by atoms with Gasteiger partial charge < -0.3 is 19.3 Å². The van der Waals surface area contributed by atoms with Crippen LogP contribution in [0.3, 0.4) is 0 Å². The molecule has 0 radical (unpaired) electrons. The van der Waals surface area contributed by atoms with E-state index in [1.165, 1.54) is 0 Å². The Labute approximate surface area is 60.0 Å². The molecule has 0 aromatic heterocycles. The molecular formula is H9BMgO5. The zero-order chi connectivity index (χ0) is 2.71. The van der Waals surface area contributed by atoms with Crippen LogP contribution in [0, 0.1) is 0 Å². The summed E-state index contributed by atoms with van der Waals surface area (Å²) < 4.78 is 8.36. The second kappa shape index (κ2) is 104. The molecule has 0 aliphatic carbocycles. The first-order valence-corrected chi connectivity index (χ1v) is 0.494. The molecule has 0 unspecified atom stereocenters. The second-order valence-corrected chi connectivity index (χ2v) is 0.105. The quantitative estimate of drug-likeness (QED) is 0.333. The standard InChI is InChI=1S/BHO2.Mg.3H2O.2H/c2-1-3;;;;;;/h2H;;3*1H2;;/q;+2;;;;2*-1. The molecule has 44 valence electrons. The third-order valence-corrected chi connectivity index (χ3v) is 0. The largest absolute Gasteiger partial charge is 2.00 e. The van der Waals surface area contributed by atoms with Crippen molar-refractivity contribution in [1.82, 2.24) is 0 Å². The molecule has 0 fully saturated rings. The molecule has 0 rings (SSSR count). The molecule has 7 N–H and O–H groups in total. The maximum absolute atomic E-state index is 8.36. The van der Waals surface area contributed by atoms with E-state index >= 15 is 0 Å². The van der Waals surface area contributed by atoms with Crippen LogP contribution in [0.4, 0.5) is 0 Å². The van der Waals surface area contributed by atoms with Crippen LogP contribution in [0.2, 0.25) is 0 Å². The second-order valence-electron chi connectivity index (χ2n) is 0.105. The van der Waals surface area contributed by atoms with Gasteiger partial charge in [0.1, 0.15) is 0 Å². The van der Waals surface area contributed by atoms with E-state index in [0.29, 0.717) is 0 Å². The van der Waals surface area contributed by atoms with Gasteiger partial charge in [-0.2, -0.15) is 0 Å². The van der Waals surface area contributed by atoms with Gasteiger partial charge in [0, 0.05) is 0 Å². The van der Waals surface area contributed by atoms with E-state index in [-0.39, 0.29) is 49.7 Å². The third-order valence-electron chi connectivity index (χ3n) is 0. The fourth-order valence-corrected chi connectivity index (χ4v) is 0. The van der Waals surface area contributed by atoms with Gasteiger partial charge in [0.2, 0.25) is 0 Å². The molecule has 0 aromatic rings. The number of rotatable bonds is 0. The molecular weight excluding hydrogens is 115 g/mol. The van der Waals surface area contributed by atoms with Gasteiger partial charge in [-0.3, -0.25) is 0 Å².